The number of hydrogen-bond donors (Lipinski definition) is 1. The number of benzene rings is 2. The summed E-state index contributed by atoms with van der Waals surface area (Å²) in [5.74, 6) is 1.42. The molecule has 0 atom stereocenters. The smallest absolute Gasteiger partial charge is 0.226 e. The van der Waals surface area contributed by atoms with Crippen molar-refractivity contribution in [2.45, 2.75) is 11.3 Å². The second-order valence-electron chi connectivity index (χ2n) is 5.48. The maximum atomic E-state index is 12.1. The molecule has 0 aliphatic rings. The van der Waals surface area contributed by atoms with Crippen molar-refractivity contribution in [1.82, 2.24) is 4.98 Å². The van der Waals surface area contributed by atoms with Gasteiger partial charge >= 0.3 is 0 Å². The third-order valence-electron chi connectivity index (χ3n) is 3.61. The Morgan fingerprint density at radius 2 is 2.00 bits per heavy atom. The van der Waals surface area contributed by atoms with Gasteiger partial charge in [0, 0.05) is 33.0 Å². The van der Waals surface area contributed by atoms with Crippen LogP contribution in [0.15, 0.2) is 52.7 Å². The molecule has 0 saturated heterocycles. The first-order valence-electron chi connectivity index (χ1n) is 8.03. The maximum Gasteiger partial charge on any atom is 0.226 e. The van der Waals surface area contributed by atoms with Gasteiger partial charge in [-0.2, -0.15) is 0 Å². The Morgan fingerprint density at radius 1 is 1.22 bits per heavy atom. The van der Waals surface area contributed by atoms with Gasteiger partial charge in [0.2, 0.25) is 5.91 Å². The number of nitrogens with zero attached hydrogens (tertiary/aromatic N) is 1. The van der Waals surface area contributed by atoms with Crippen molar-refractivity contribution in [3.05, 3.63) is 57.9 Å². The van der Waals surface area contributed by atoms with Crippen LogP contribution in [-0.4, -0.2) is 23.8 Å². The van der Waals surface area contributed by atoms with Gasteiger partial charge in [0.05, 0.1) is 17.8 Å². The minimum atomic E-state index is -0.0749. The van der Waals surface area contributed by atoms with E-state index in [-0.39, 0.29) is 5.91 Å². The molecule has 8 heteroatoms. The predicted molar refractivity (Wildman–Crippen MR) is 115 cm³/mol. The highest BCUT2D eigenvalue weighted by Crippen LogP contribution is 2.32. The molecule has 3 aromatic rings. The molecule has 2 aromatic carbocycles. The fraction of sp³-hybridized carbons (Fsp3) is 0.158. The Hall–Kier alpha value is -1.73. The number of anilines is 1. The number of rotatable bonds is 7. The van der Waals surface area contributed by atoms with Gasteiger partial charge in [-0.25, -0.2) is 4.98 Å². The fourth-order valence-electron chi connectivity index (χ4n) is 2.26. The summed E-state index contributed by atoms with van der Waals surface area (Å²) < 4.78 is 5.13. The Balaban J connectivity index is 1.52. The van der Waals surface area contributed by atoms with Crippen LogP contribution in [0.1, 0.15) is 6.42 Å². The van der Waals surface area contributed by atoms with Gasteiger partial charge in [0.25, 0.3) is 0 Å². The standard InChI is InChI=1S/C19H16Cl2N2O2S2/c1-25-13-3-5-14(6-4-13)26-9-8-18(24)23-19-22-17(11-27-19)15-10-12(20)2-7-16(15)21/h2-7,10-11H,8-9H2,1H3,(H,22,23,24). The molecule has 0 radical (unpaired) electrons. The van der Waals surface area contributed by atoms with Gasteiger partial charge in [-0.15, -0.1) is 23.1 Å². The number of hydrogen-bond acceptors (Lipinski definition) is 5. The van der Waals surface area contributed by atoms with Crippen LogP contribution in [0.5, 0.6) is 5.75 Å². The van der Waals surface area contributed by atoms with E-state index in [0.29, 0.717) is 33.0 Å². The number of methoxy groups -OCH3 is 1. The molecule has 0 spiro atoms. The summed E-state index contributed by atoms with van der Waals surface area (Å²) >= 11 is 15.2. The summed E-state index contributed by atoms with van der Waals surface area (Å²) in [5, 5.41) is 6.37. The number of thioether (sulfide) groups is 1. The fourth-order valence-corrected chi connectivity index (χ4v) is 4.23. The molecule has 0 aliphatic carbocycles. The molecule has 0 unspecified atom stereocenters. The van der Waals surface area contributed by atoms with E-state index in [1.807, 2.05) is 29.6 Å². The second-order valence-corrected chi connectivity index (χ2v) is 8.35. The Labute approximate surface area is 175 Å². The summed E-state index contributed by atoms with van der Waals surface area (Å²) in [6.45, 7) is 0. The first kappa shape index (κ1) is 20.0. The van der Waals surface area contributed by atoms with Crippen LogP contribution in [0, 0.1) is 0 Å². The molecule has 0 fully saturated rings. The van der Waals surface area contributed by atoms with E-state index in [2.05, 4.69) is 10.3 Å². The largest absolute Gasteiger partial charge is 0.497 e. The SMILES string of the molecule is COc1ccc(SCCC(=O)Nc2nc(-c3cc(Cl)ccc3Cl)cs2)cc1. The molecule has 27 heavy (non-hydrogen) atoms. The lowest BCUT2D eigenvalue weighted by Gasteiger charge is -2.04. The molecule has 1 aromatic heterocycles. The van der Waals surface area contributed by atoms with Gasteiger partial charge in [-0.3, -0.25) is 4.79 Å². The number of nitrogens with one attached hydrogen (secondary N) is 1. The third-order valence-corrected chi connectivity index (χ3v) is 5.95. The molecule has 0 aliphatic heterocycles. The van der Waals surface area contributed by atoms with E-state index in [9.17, 15) is 4.79 Å². The monoisotopic (exact) mass is 438 g/mol. The van der Waals surface area contributed by atoms with Crippen molar-refractivity contribution in [3.8, 4) is 17.0 Å². The second kappa shape index (κ2) is 9.46. The van der Waals surface area contributed by atoms with Crippen molar-refractivity contribution in [3.63, 3.8) is 0 Å². The van der Waals surface area contributed by atoms with E-state index in [0.717, 1.165) is 16.2 Å². The molecule has 4 nitrogen and oxygen atoms in total. The minimum absolute atomic E-state index is 0.0749. The lowest BCUT2D eigenvalue weighted by Crippen LogP contribution is -2.11. The molecule has 140 valence electrons. The highest BCUT2D eigenvalue weighted by molar-refractivity contribution is 7.99. The quantitative estimate of drug-likeness (QED) is 0.443. The lowest BCUT2D eigenvalue weighted by atomic mass is 10.2. The van der Waals surface area contributed by atoms with Gasteiger partial charge in [-0.1, -0.05) is 23.2 Å². The zero-order valence-corrected chi connectivity index (χ0v) is 17.5. The van der Waals surface area contributed by atoms with Crippen molar-refractivity contribution in [2.75, 3.05) is 18.2 Å². The molecule has 0 bridgehead atoms. The van der Waals surface area contributed by atoms with Crippen molar-refractivity contribution in [1.29, 1.82) is 0 Å². The van der Waals surface area contributed by atoms with Crippen molar-refractivity contribution in [2.24, 2.45) is 0 Å². The average molecular weight is 439 g/mol. The number of thiazole rings is 1. The zero-order valence-electron chi connectivity index (χ0n) is 14.4. The van der Waals surface area contributed by atoms with Gasteiger partial charge < -0.3 is 10.1 Å². The van der Waals surface area contributed by atoms with Crippen LogP contribution in [0.25, 0.3) is 11.3 Å². The Bertz CT molecular complexity index is 930. The number of halogens is 2. The average Bonchev–Trinajstić information content (AvgIpc) is 3.12. The lowest BCUT2D eigenvalue weighted by molar-refractivity contribution is -0.115. The highest BCUT2D eigenvalue weighted by Gasteiger charge is 2.11. The molecular formula is C19H16Cl2N2O2S2. The van der Waals surface area contributed by atoms with Crippen LogP contribution < -0.4 is 10.1 Å². The Morgan fingerprint density at radius 3 is 2.74 bits per heavy atom. The summed E-state index contributed by atoms with van der Waals surface area (Å²) in [5.41, 5.74) is 1.44. The molecule has 1 heterocycles. The molecule has 1 N–H and O–H groups in total. The van der Waals surface area contributed by atoms with Crippen molar-refractivity contribution < 1.29 is 9.53 Å². The van der Waals surface area contributed by atoms with Crippen LogP contribution in [0.4, 0.5) is 5.13 Å². The number of aromatic nitrogens is 1. The van der Waals surface area contributed by atoms with Gasteiger partial charge in [-0.05, 0) is 42.5 Å². The number of ether oxygens (including phenoxy) is 1. The number of amides is 1. The van der Waals surface area contributed by atoms with E-state index in [4.69, 9.17) is 27.9 Å². The Kier molecular flexibility index (Phi) is 7.01. The minimum Gasteiger partial charge on any atom is -0.497 e. The number of carbonyl (C=O) groups excluding carboxylic acids is 1. The third kappa shape index (κ3) is 5.62. The summed E-state index contributed by atoms with van der Waals surface area (Å²) in [4.78, 5) is 17.7. The summed E-state index contributed by atoms with van der Waals surface area (Å²) in [6, 6.07) is 13.0. The van der Waals surface area contributed by atoms with Crippen LogP contribution in [-0.2, 0) is 4.79 Å². The van der Waals surface area contributed by atoms with E-state index in [1.165, 1.54) is 11.3 Å². The summed E-state index contributed by atoms with van der Waals surface area (Å²) in [7, 11) is 1.64. The highest BCUT2D eigenvalue weighted by atomic mass is 35.5. The predicted octanol–water partition coefficient (Wildman–Crippen LogP) is 6.25. The summed E-state index contributed by atoms with van der Waals surface area (Å²) in [6.07, 6.45) is 0.392. The molecule has 1 amide bonds. The van der Waals surface area contributed by atoms with E-state index in [1.54, 1.807) is 37.1 Å². The zero-order chi connectivity index (χ0) is 19.2. The molecule has 0 saturated carbocycles. The van der Waals surface area contributed by atoms with E-state index >= 15 is 0 Å². The topological polar surface area (TPSA) is 51.2 Å². The normalized spacial score (nSPS) is 10.6. The first-order chi connectivity index (χ1) is 13.0. The van der Waals surface area contributed by atoms with E-state index < -0.39 is 0 Å². The molecular weight excluding hydrogens is 423 g/mol. The van der Waals surface area contributed by atoms with Crippen molar-refractivity contribution >= 4 is 57.3 Å². The van der Waals surface area contributed by atoms with Crippen LogP contribution in [0.2, 0.25) is 10.0 Å². The first-order valence-corrected chi connectivity index (χ1v) is 10.6. The van der Waals surface area contributed by atoms with Gasteiger partial charge in [0.1, 0.15) is 5.75 Å². The maximum absolute atomic E-state index is 12.1. The molecule has 3 rings (SSSR count). The van der Waals surface area contributed by atoms with Gasteiger partial charge in [0.15, 0.2) is 5.13 Å². The van der Waals surface area contributed by atoms with Crippen LogP contribution in [0.3, 0.4) is 0 Å². The van der Waals surface area contributed by atoms with Crippen LogP contribution >= 0.6 is 46.3 Å². The number of carbonyl (C=O) groups is 1.